The molecule has 0 aliphatic heterocycles. The third-order valence-corrected chi connectivity index (χ3v) is 3.43. The first-order valence-corrected chi connectivity index (χ1v) is 5.61. The van der Waals surface area contributed by atoms with Gasteiger partial charge < -0.3 is 4.98 Å². The van der Waals surface area contributed by atoms with Gasteiger partial charge in [-0.2, -0.15) is 4.98 Å². The summed E-state index contributed by atoms with van der Waals surface area (Å²) < 4.78 is 0.903. The van der Waals surface area contributed by atoms with Gasteiger partial charge in [-0.3, -0.25) is 4.79 Å². The van der Waals surface area contributed by atoms with Crippen LogP contribution in [0.15, 0.2) is 45.9 Å². The number of nitrogens with zero attached hydrogens (tertiary/aromatic N) is 1. The first-order valence-electron chi connectivity index (χ1n) is 4.82. The number of fused-ring (bicyclic) bond motifs is 2. The topological polar surface area (TPSA) is 45.8 Å². The Labute approximate surface area is 99.3 Å². The van der Waals surface area contributed by atoms with Gasteiger partial charge >= 0.3 is 0 Å². The predicted molar refractivity (Wildman–Crippen MR) is 67.6 cm³/mol. The fourth-order valence-corrected chi connectivity index (χ4v) is 2.53. The summed E-state index contributed by atoms with van der Waals surface area (Å²) in [5.74, 6) is 0. The molecule has 1 heterocycles. The van der Waals surface area contributed by atoms with E-state index in [0.29, 0.717) is 5.39 Å². The average Bonchev–Trinajstić information content (AvgIpc) is 2.31. The molecular formula is C12H7BrN2O. The Bertz CT molecular complexity index is 749. The average molecular weight is 275 g/mol. The first kappa shape index (κ1) is 9.54. The highest BCUT2D eigenvalue weighted by molar-refractivity contribution is 9.10. The van der Waals surface area contributed by atoms with Crippen LogP contribution in [0.1, 0.15) is 0 Å². The summed E-state index contributed by atoms with van der Waals surface area (Å²) in [6.07, 6.45) is 1.42. The number of H-pyrrole nitrogens is 1. The quantitative estimate of drug-likeness (QED) is 0.641. The van der Waals surface area contributed by atoms with Crippen molar-refractivity contribution in [1.82, 2.24) is 9.97 Å². The highest BCUT2D eigenvalue weighted by Gasteiger charge is 2.07. The molecule has 1 aromatic heterocycles. The second-order valence-corrected chi connectivity index (χ2v) is 4.33. The standard InChI is InChI=1S/C12H7BrN2O/c13-10-8-4-2-1-3-7(8)5-9-11(10)14-6-15-12(9)16/h1-6H,(H,14,15,16). The van der Waals surface area contributed by atoms with E-state index in [2.05, 4.69) is 25.9 Å². The summed E-state index contributed by atoms with van der Waals surface area (Å²) in [7, 11) is 0. The van der Waals surface area contributed by atoms with Crippen LogP contribution in [0.2, 0.25) is 0 Å². The molecule has 3 rings (SSSR count). The molecule has 0 bridgehead atoms. The molecule has 0 aliphatic carbocycles. The number of hydrogen-bond acceptors (Lipinski definition) is 2. The van der Waals surface area contributed by atoms with Gasteiger partial charge in [0.05, 0.1) is 17.2 Å². The minimum Gasteiger partial charge on any atom is -0.345 e. The van der Waals surface area contributed by atoms with Crippen molar-refractivity contribution in [2.75, 3.05) is 0 Å². The van der Waals surface area contributed by atoms with E-state index >= 15 is 0 Å². The van der Waals surface area contributed by atoms with E-state index in [0.717, 1.165) is 20.8 Å². The number of aromatic nitrogens is 2. The van der Waals surface area contributed by atoms with Crippen LogP contribution < -0.4 is 5.56 Å². The monoisotopic (exact) mass is 274 g/mol. The van der Waals surface area contributed by atoms with E-state index in [9.17, 15) is 4.79 Å². The van der Waals surface area contributed by atoms with Gasteiger partial charge in [-0.1, -0.05) is 24.3 Å². The molecule has 3 nitrogen and oxygen atoms in total. The van der Waals surface area contributed by atoms with Crippen LogP contribution in [0, 0.1) is 0 Å². The Morgan fingerprint density at radius 3 is 2.88 bits per heavy atom. The van der Waals surface area contributed by atoms with Gasteiger partial charge in [0, 0.05) is 4.47 Å². The van der Waals surface area contributed by atoms with E-state index < -0.39 is 0 Å². The van der Waals surface area contributed by atoms with Crippen molar-refractivity contribution in [3.63, 3.8) is 0 Å². The van der Waals surface area contributed by atoms with Crippen LogP contribution in [0.5, 0.6) is 0 Å². The lowest BCUT2D eigenvalue weighted by molar-refractivity contribution is 1.17. The number of halogens is 1. The zero-order valence-corrected chi connectivity index (χ0v) is 9.78. The zero-order valence-electron chi connectivity index (χ0n) is 8.20. The van der Waals surface area contributed by atoms with Crippen molar-refractivity contribution in [1.29, 1.82) is 0 Å². The van der Waals surface area contributed by atoms with Crippen molar-refractivity contribution >= 4 is 37.6 Å². The Hall–Kier alpha value is -1.68. The van der Waals surface area contributed by atoms with Gasteiger partial charge in [0.25, 0.3) is 5.56 Å². The molecule has 0 saturated carbocycles. The SMILES string of the molecule is O=c1nc[nH]c2c(Br)c3ccccc3cc12. The smallest absolute Gasteiger partial charge is 0.280 e. The lowest BCUT2D eigenvalue weighted by Crippen LogP contribution is -2.06. The fourth-order valence-electron chi connectivity index (χ4n) is 1.84. The predicted octanol–water partition coefficient (Wildman–Crippen LogP) is 2.84. The summed E-state index contributed by atoms with van der Waals surface area (Å²) in [5, 5.41) is 2.71. The van der Waals surface area contributed by atoms with E-state index in [1.165, 1.54) is 6.33 Å². The number of nitrogens with one attached hydrogen (secondary N) is 1. The molecule has 78 valence electrons. The molecule has 3 aromatic rings. The highest BCUT2D eigenvalue weighted by atomic mass is 79.9. The summed E-state index contributed by atoms with van der Waals surface area (Å²) in [6, 6.07) is 9.77. The van der Waals surface area contributed by atoms with Crippen LogP contribution >= 0.6 is 15.9 Å². The molecule has 0 fully saturated rings. The Morgan fingerprint density at radius 2 is 2.00 bits per heavy atom. The maximum absolute atomic E-state index is 11.6. The summed E-state index contributed by atoms with van der Waals surface area (Å²) in [6.45, 7) is 0. The Balaban J connectivity index is 2.66. The molecule has 0 radical (unpaired) electrons. The molecular weight excluding hydrogens is 268 g/mol. The number of benzene rings is 2. The van der Waals surface area contributed by atoms with Crippen molar-refractivity contribution < 1.29 is 0 Å². The maximum Gasteiger partial charge on any atom is 0.280 e. The third kappa shape index (κ3) is 1.27. The van der Waals surface area contributed by atoms with Crippen LogP contribution in [0.25, 0.3) is 21.7 Å². The third-order valence-electron chi connectivity index (χ3n) is 2.61. The van der Waals surface area contributed by atoms with Gasteiger partial charge in [0.2, 0.25) is 0 Å². The summed E-state index contributed by atoms with van der Waals surface area (Å²) >= 11 is 3.52. The van der Waals surface area contributed by atoms with Gasteiger partial charge in [-0.25, -0.2) is 0 Å². The van der Waals surface area contributed by atoms with Crippen LogP contribution in [0.4, 0.5) is 0 Å². The Morgan fingerprint density at radius 1 is 1.19 bits per heavy atom. The molecule has 0 unspecified atom stereocenters. The van der Waals surface area contributed by atoms with Crippen LogP contribution in [-0.4, -0.2) is 9.97 Å². The lowest BCUT2D eigenvalue weighted by Gasteiger charge is -2.04. The molecule has 4 heteroatoms. The Kier molecular flexibility index (Phi) is 2.04. The minimum atomic E-state index is -0.208. The van der Waals surface area contributed by atoms with Crippen LogP contribution in [0.3, 0.4) is 0 Å². The second kappa shape index (κ2) is 3.42. The van der Waals surface area contributed by atoms with Crippen molar-refractivity contribution in [3.05, 3.63) is 51.5 Å². The molecule has 0 atom stereocenters. The van der Waals surface area contributed by atoms with E-state index in [-0.39, 0.29) is 5.56 Å². The number of rotatable bonds is 0. The van der Waals surface area contributed by atoms with Crippen molar-refractivity contribution in [2.24, 2.45) is 0 Å². The molecule has 0 spiro atoms. The zero-order chi connectivity index (χ0) is 11.1. The van der Waals surface area contributed by atoms with Gasteiger partial charge in [0.1, 0.15) is 0 Å². The minimum absolute atomic E-state index is 0.208. The number of hydrogen-bond donors (Lipinski definition) is 1. The summed E-state index contributed by atoms with van der Waals surface area (Å²) in [4.78, 5) is 18.3. The molecule has 0 aliphatic rings. The summed E-state index contributed by atoms with van der Waals surface area (Å²) in [5.41, 5.74) is 0.582. The van der Waals surface area contributed by atoms with Crippen molar-refractivity contribution in [2.45, 2.75) is 0 Å². The number of aromatic amines is 1. The van der Waals surface area contributed by atoms with Gasteiger partial charge in [-0.05, 0) is 32.8 Å². The normalized spacial score (nSPS) is 11.1. The molecule has 2 aromatic carbocycles. The largest absolute Gasteiger partial charge is 0.345 e. The van der Waals surface area contributed by atoms with E-state index in [1.54, 1.807) is 0 Å². The highest BCUT2D eigenvalue weighted by Crippen LogP contribution is 2.29. The van der Waals surface area contributed by atoms with E-state index in [4.69, 9.17) is 0 Å². The van der Waals surface area contributed by atoms with Gasteiger partial charge in [0.15, 0.2) is 0 Å². The maximum atomic E-state index is 11.6. The molecule has 0 amide bonds. The van der Waals surface area contributed by atoms with E-state index in [1.807, 2.05) is 30.3 Å². The second-order valence-electron chi connectivity index (χ2n) is 3.54. The molecule has 16 heavy (non-hydrogen) atoms. The lowest BCUT2D eigenvalue weighted by atomic mass is 10.1. The molecule has 0 saturated heterocycles. The van der Waals surface area contributed by atoms with Crippen LogP contribution in [-0.2, 0) is 0 Å². The first-order chi connectivity index (χ1) is 7.77. The van der Waals surface area contributed by atoms with Crippen molar-refractivity contribution in [3.8, 4) is 0 Å². The molecule has 1 N–H and O–H groups in total. The van der Waals surface area contributed by atoms with Gasteiger partial charge in [-0.15, -0.1) is 0 Å². The fraction of sp³-hybridized carbons (Fsp3) is 0.